The highest BCUT2D eigenvalue weighted by Gasteiger charge is 2.26. The summed E-state index contributed by atoms with van der Waals surface area (Å²) in [6, 6.07) is 0. The number of aromatic amines is 1. The van der Waals surface area contributed by atoms with Gasteiger partial charge >= 0.3 is 5.97 Å². The van der Waals surface area contributed by atoms with Crippen LogP contribution in [0.15, 0.2) is 6.20 Å². The average molecular weight is 265 g/mol. The Labute approximate surface area is 111 Å². The molecule has 2 heterocycles. The van der Waals surface area contributed by atoms with Gasteiger partial charge in [-0.1, -0.05) is 0 Å². The van der Waals surface area contributed by atoms with E-state index in [0.29, 0.717) is 24.4 Å². The Morgan fingerprint density at radius 3 is 3.00 bits per heavy atom. The molecule has 0 aliphatic carbocycles. The van der Waals surface area contributed by atoms with Gasteiger partial charge in [0.1, 0.15) is 0 Å². The summed E-state index contributed by atoms with van der Waals surface area (Å²) in [6.07, 6.45) is 4.31. The third-order valence-electron chi connectivity index (χ3n) is 3.63. The molecule has 0 saturated carbocycles. The Hall–Kier alpha value is -1.85. The summed E-state index contributed by atoms with van der Waals surface area (Å²) < 4.78 is 0. The minimum Gasteiger partial charge on any atom is -0.481 e. The summed E-state index contributed by atoms with van der Waals surface area (Å²) in [5.41, 5.74) is 1.39. The minimum atomic E-state index is -0.769. The molecule has 2 rings (SSSR count). The fraction of sp³-hybridized carbons (Fsp3) is 0.615. The Morgan fingerprint density at radius 2 is 2.37 bits per heavy atom. The number of aliphatic carboxylic acids is 1. The maximum absolute atomic E-state index is 12.3. The molecule has 1 aliphatic heterocycles. The van der Waals surface area contributed by atoms with Crippen molar-refractivity contribution in [2.75, 3.05) is 13.1 Å². The Bertz CT molecular complexity index is 469. The highest BCUT2D eigenvalue weighted by Crippen LogP contribution is 2.22. The number of carboxylic acids is 1. The van der Waals surface area contributed by atoms with Crippen molar-refractivity contribution in [3.8, 4) is 0 Å². The quantitative estimate of drug-likeness (QED) is 0.862. The third-order valence-corrected chi connectivity index (χ3v) is 3.63. The number of H-pyrrole nitrogens is 1. The van der Waals surface area contributed by atoms with E-state index in [2.05, 4.69) is 10.2 Å². The van der Waals surface area contributed by atoms with Crippen molar-refractivity contribution in [3.63, 3.8) is 0 Å². The van der Waals surface area contributed by atoms with Gasteiger partial charge in [-0.25, -0.2) is 0 Å². The van der Waals surface area contributed by atoms with Crippen LogP contribution in [0.4, 0.5) is 0 Å². The molecular weight excluding hydrogens is 246 g/mol. The molecule has 0 spiro atoms. The zero-order valence-electron chi connectivity index (χ0n) is 11.1. The molecule has 1 fully saturated rings. The van der Waals surface area contributed by atoms with E-state index in [1.54, 1.807) is 6.20 Å². The van der Waals surface area contributed by atoms with E-state index in [9.17, 15) is 9.59 Å². The number of aromatic nitrogens is 2. The van der Waals surface area contributed by atoms with Gasteiger partial charge in [-0.15, -0.1) is 0 Å². The fourth-order valence-electron chi connectivity index (χ4n) is 2.55. The second kappa shape index (κ2) is 5.86. The van der Waals surface area contributed by atoms with Crippen molar-refractivity contribution >= 4 is 11.9 Å². The van der Waals surface area contributed by atoms with E-state index in [-0.39, 0.29) is 12.3 Å². The SMILES string of the molecule is Cc1[nH]ncc1C(=O)N1CCCC(CCC(=O)O)C1. The van der Waals surface area contributed by atoms with Gasteiger partial charge in [0, 0.05) is 25.2 Å². The number of aryl methyl sites for hydroxylation is 1. The summed E-state index contributed by atoms with van der Waals surface area (Å²) in [4.78, 5) is 24.7. The number of rotatable bonds is 4. The second-order valence-corrected chi connectivity index (χ2v) is 5.10. The molecule has 6 nitrogen and oxygen atoms in total. The van der Waals surface area contributed by atoms with E-state index in [0.717, 1.165) is 25.1 Å². The molecule has 1 aliphatic rings. The number of hydrogen-bond acceptors (Lipinski definition) is 3. The lowest BCUT2D eigenvalue weighted by Crippen LogP contribution is -2.40. The van der Waals surface area contributed by atoms with E-state index in [1.165, 1.54) is 0 Å². The number of nitrogens with zero attached hydrogens (tertiary/aromatic N) is 2. The van der Waals surface area contributed by atoms with Crippen molar-refractivity contribution in [2.45, 2.75) is 32.6 Å². The lowest BCUT2D eigenvalue weighted by atomic mass is 9.93. The zero-order valence-corrected chi connectivity index (χ0v) is 11.1. The van der Waals surface area contributed by atoms with Crippen molar-refractivity contribution in [1.29, 1.82) is 0 Å². The number of nitrogens with one attached hydrogen (secondary N) is 1. The van der Waals surface area contributed by atoms with Crippen LogP contribution < -0.4 is 0 Å². The molecule has 1 aromatic heterocycles. The number of likely N-dealkylation sites (tertiary alicyclic amines) is 1. The number of carboxylic acid groups (broad SMARTS) is 1. The van der Waals surface area contributed by atoms with Crippen LogP contribution in [-0.2, 0) is 4.79 Å². The largest absolute Gasteiger partial charge is 0.481 e. The summed E-state index contributed by atoms with van der Waals surface area (Å²) >= 11 is 0. The van der Waals surface area contributed by atoms with Crippen LogP contribution >= 0.6 is 0 Å². The van der Waals surface area contributed by atoms with E-state index >= 15 is 0 Å². The minimum absolute atomic E-state index is 0.00808. The van der Waals surface area contributed by atoms with Crippen LogP contribution in [0.5, 0.6) is 0 Å². The zero-order chi connectivity index (χ0) is 13.8. The Morgan fingerprint density at radius 1 is 1.58 bits per heavy atom. The van der Waals surface area contributed by atoms with Crippen LogP contribution in [0.2, 0.25) is 0 Å². The highest BCUT2D eigenvalue weighted by atomic mass is 16.4. The maximum atomic E-state index is 12.3. The van der Waals surface area contributed by atoms with Gasteiger partial charge in [0.15, 0.2) is 0 Å². The fourth-order valence-corrected chi connectivity index (χ4v) is 2.55. The summed E-state index contributed by atoms with van der Waals surface area (Å²) in [5, 5.41) is 15.3. The molecule has 1 amide bonds. The topological polar surface area (TPSA) is 86.3 Å². The molecule has 1 unspecified atom stereocenters. The number of hydrogen-bond donors (Lipinski definition) is 2. The van der Waals surface area contributed by atoms with Gasteiger partial charge in [-0.05, 0) is 32.1 Å². The van der Waals surface area contributed by atoms with Crippen molar-refractivity contribution < 1.29 is 14.7 Å². The second-order valence-electron chi connectivity index (χ2n) is 5.10. The van der Waals surface area contributed by atoms with Crippen LogP contribution in [0, 0.1) is 12.8 Å². The number of piperidine rings is 1. The van der Waals surface area contributed by atoms with Gasteiger partial charge < -0.3 is 10.0 Å². The van der Waals surface area contributed by atoms with Crippen molar-refractivity contribution in [3.05, 3.63) is 17.5 Å². The Kier molecular flexibility index (Phi) is 4.19. The standard InChI is InChI=1S/C13H19N3O3/c1-9-11(7-14-15-9)13(19)16-6-2-3-10(8-16)4-5-12(17)18/h7,10H,2-6,8H2,1H3,(H,14,15)(H,17,18). The predicted molar refractivity (Wildman–Crippen MR) is 68.8 cm³/mol. The molecule has 0 aromatic carbocycles. The summed E-state index contributed by atoms with van der Waals surface area (Å²) in [7, 11) is 0. The molecular formula is C13H19N3O3. The van der Waals surface area contributed by atoms with Crippen LogP contribution in [0.1, 0.15) is 41.7 Å². The lowest BCUT2D eigenvalue weighted by Gasteiger charge is -2.32. The molecule has 0 bridgehead atoms. The number of carbonyl (C=O) groups excluding carboxylic acids is 1. The summed E-state index contributed by atoms with van der Waals surface area (Å²) in [6.45, 7) is 3.22. The molecule has 1 saturated heterocycles. The van der Waals surface area contributed by atoms with Crippen LogP contribution in [-0.4, -0.2) is 45.2 Å². The summed E-state index contributed by atoms with van der Waals surface area (Å²) in [5.74, 6) is -0.485. The predicted octanol–water partition coefficient (Wildman–Crippen LogP) is 1.44. The molecule has 2 N–H and O–H groups in total. The normalized spacial score (nSPS) is 19.4. The van der Waals surface area contributed by atoms with E-state index in [1.807, 2.05) is 11.8 Å². The van der Waals surface area contributed by atoms with E-state index < -0.39 is 5.97 Å². The molecule has 1 aromatic rings. The lowest BCUT2D eigenvalue weighted by molar-refractivity contribution is -0.137. The molecule has 1 atom stereocenters. The first-order chi connectivity index (χ1) is 9.08. The molecule has 6 heteroatoms. The monoisotopic (exact) mass is 265 g/mol. The first-order valence-corrected chi connectivity index (χ1v) is 6.59. The van der Waals surface area contributed by atoms with Crippen molar-refractivity contribution in [2.24, 2.45) is 5.92 Å². The van der Waals surface area contributed by atoms with Gasteiger partial charge in [0.2, 0.25) is 0 Å². The smallest absolute Gasteiger partial charge is 0.303 e. The molecule has 0 radical (unpaired) electrons. The van der Waals surface area contributed by atoms with Crippen molar-refractivity contribution in [1.82, 2.24) is 15.1 Å². The maximum Gasteiger partial charge on any atom is 0.303 e. The highest BCUT2D eigenvalue weighted by molar-refractivity contribution is 5.95. The number of amides is 1. The van der Waals surface area contributed by atoms with Crippen LogP contribution in [0.25, 0.3) is 0 Å². The van der Waals surface area contributed by atoms with Gasteiger partial charge in [-0.2, -0.15) is 5.10 Å². The van der Waals surface area contributed by atoms with Gasteiger partial charge in [0.25, 0.3) is 5.91 Å². The van der Waals surface area contributed by atoms with E-state index in [4.69, 9.17) is 5.11 Å². The van der Waals surface area contributed by atoms with Crippen LogP contribution in [0.3, 0.4) is 0 Å². The molecule has 19 heavy (non-hydrogen) atoms. The number of carbonyl (C=O) groups is 2. The Balaban J connectivity index is 1.95. The third kappa shape index (κ3) is 3.33. The molecule has 104 valence electrons. The first kappa shape index (κ1) is 13.6. The van der Waals surface area contributed by atoms with Gasteiger partial charge in [-0.3, -0.25) is 14.7 Å². The first-order valence-electron chi connectivity index (χ1n) is 6.59. The average Bonchev–Trinajstić information content (AvgIpc) is 2.82. The van der Waals surface area contributed by atoms with Gasteiger partial charge in [0.05, 0.1) is 11.8 Å².